The molecule has 0 aliphatic heterocycles. The molecule has 0 saturated heterocycles. The average molecular weight is 929 g/mol. The lowest BCUT2D eigenvalue weighted by Gasteiger charge is -2.32. The molecule has 360 valence electrons. The van der Waals surface area contributed by atoms with E-state index < -0.39 is 94.9 Å². The van der Waals surface area contributed by atoms with E-state index >= 15 is 4.79 Å². The smallest absolute Gasteiger partial charge is 0.239 e. The Bertz CT molecular complexity index is 2660. The fraction of sp³-hybridized carbons (Fsp3) is 0.380. The van der Waals surface area contributed by atoms with Crippen LogP contribution < -0.4 is 45.5 Å². The van der Waals surface area contributed by atoms with Gasteiger partial charge in [-0.05, 0) is 73.9 Å². The molecule has 18 nitrogen and oxygen atoms in total. The van der Waals surface area contributed by atoms with Gasteiger partial charge in [-0.3, -0.25) is 28.8 Å². The summed E-state index contributed by atoms with van der Waals surface area (Å²) in [6, 6.07) is 15.5. The first kappa shape index (κ1) is 50.7. The molecule has 3 heterocycles. The van der Waals surface area contributed by atoms with Crippen molar-refractivity contribution in [2.24, 2.45) is 63.8 Å². The highest BCUT2D eigenvalue weighted by molar-refractivity contribution is 6.03. The summed E-state index contributed by atoms with van der Waals surface area (Å²) in [4.78, 5) is 98.5. The first-order chi connectivity index (χ1) is 32.6. The number of unbranched alkanes of at least 4 members (excludes halogenated alkanes) is 1. The summed E-state index contributed by atoms with van der Waals surface area (Å²) < 4.78 is 0. The van der Waals surface area contributed by atoms with Crippen LogP contribution in [-0.2, 0) is 54.5 Å². The van der Waals surface area contributed by atoms with Crippen molar-refractivity contribution in [3.05, 3.63) is 126 Å². The molecule has 18 heteroatoms. The standard InChI is InChI=1S/C50H64N12O6/c1-27(41(53)46(64)35(21-30-24-60-39-16-8-6-14-33(30)39)43(55)48(66)37(52)22-31-25-58-26-61-31)45(63)42(54)34(20-29-23-59-38-15-7-5-13-32(29)38)47(65)44(56)36(19-28-11-3-2-4-12-28)50(68)62-40(49(57)67)17-9-10-18-51/h2-8,11-16,23-27,34-37,40-44,59-60H,9-10,17-22,51-56H2,1H3,(H2,57,67)(H,58,61)(H,62,68)/t27-,34-,35+,36+,37-,40-,41-,42+,43-,44+/m0/s1. The van der Waals surface area contributed by atoms with Crippen LogP contribution in [0.4, 0.5) is 0 Å². The highest BCUT2D eigenvalue weighted by Gasteiger charge is 2.44. The Hall–Kier alpha value is -6.67. The van der Waals surface area contributed by atoms with E-state index in [1.165, 1.54) is 19.4 Å². The molecule has 0 saturated carbocycles. The van der Waals surface area contributed by atoms with Crippen LogP contribution in [-0.4, -0.2) is 97.7 Å². The van der Waals surface area contributed by atoms with Gasteiger partial charge in [0.05, 0.1) is 42.5 Å². The van der Waals surface area contributed by atoms with Crippen LogP contribution in [0, 0.1) is 23.7 Å². The van der Waals surface area contributed by atoms with Crippen LogP contribution in [0.25, 0.3) is 21.8 Å². The lowest BCUT2D eigenvalue weighted by atomic mass is 9.75. The largest absolute Gasteiger partial charge is 0.368 e. The van der Waals surface area contributed by atoms with E-state index in [1.54, 1.807) is 42.7 Å². The van der Waals surface area contributed by atoms with E-state index in [9.17, 15) is 24.0 Å². The number of imidazole rings is 1. The second-order valence-corrected chi connectivity index (χ2v) is 17.8. The minimum Gasteiger partial charge on any atom is -0.368 e. The first-order valence-electron chi connectivity index (χ1n) is 22.9. The van der Waals surface area contributed by atoms with E-state index in [4.69, 9.17) is 40.1 Å². The third-order valence-electron chi connectivity index (χ3n) is 13.2. The maximum Gasteiger partial charge on any atom is 0.239 e. The number of hydrogen-bond donors (Lipinski definition) is 11. The van der Waals surface area contributed by atoms with Crippen molar-refractivity contribution in [3.63, 3.8) is 0 Å². The Labute approximate surface area is 394 Å². The van der Waals surface area contributed by atoms with Gasteiger partial charge in [-0.2, -0.15) is 0 Å². The lowest BCUT2D eigenvalue weighted by Crippen LogP contribution is -2.58. The monoisotopic (exact) mass is 929 g/mol. The Morgan fingerprint density at radius 3 is 1.68 bits per heavy atom. The Balaban J connectivity index is 1.31. The highest BCUT2D eigenvalue weighted by Crippen LogP contribution is 2.29. The third kappa shape index (κ3) is 12.1. The molecular formula is C50H64N12O6. The maximum atomic E-state index is 15.1. The minimum atomic E-state index is -1.59. The van der Waals surface area contributed by atoms with Gasteiger partial charge in [-0.1, -0.05) is 73.7 Å². The number of benzene rings is 3. The van der Waals surface area contributed by atoms with Crippen molar-refractivity contribution in [2.45, 2.75) is 88.1 Å². The summed E-state index contributed by atoms with van der Waals surface area (Å²) in [5.74, 6) is -9.25. The Morgan fingerprint density at radius 1 is 0.603 bits per heavy atom. The molecule has 2 amide bonds. The number of nitrogens with one attached hydrogen (secondary N) is 4. The summed E-state index contributed by atoms with van der Waals surface area (Å²) in [5, 5.41) is 4.29. The van der Waals surface area contributed by atoms with E-state index in [0.29, 0.717) is 41.8 Å². The van der Waals surface area contributed by atoms with Crippen LogP contribution in [0.1, 0.15) is 48.6 Å². The number of hydrogen-bond acceptors (Lipinski definition) is 13. The van der Waals surface area contributed by atoms with Crippen molar-refractivity contribution >= 4 is 56.8 Å². The summed E-state index contributed by atoms with van der Waals surface area (Å²) in [5.41, 5.74) is 49.1. The van der Waals surface area contributed by atoms with Gasteiger partial charge in [-0.25, -0.2) is 4.98 Å². The number of Topliss-reactive ketones (excluding diaryl/α,β-unsaturated/α-hetero) is 4. The van der Waals surface area contributed by atoms with Crippen LogP contribution >= 0.6 is 0 Å². The molecule has 6 rings (SSSR count). The van der Waals surface area contributed by atoms with E-state index in [0.717, 1.165) is 21.8 Å². The lowest BCUT2D eigenvalue weighted by molar-refractivity contribution is -0.137. The summed E-state index contributed by atoms with van der Waals surface area (Å²) in [7, 11) is 0. The topological polar surface area (TPSA) is 357 Å². The zero-order valence-electron chi connectivity index (χ0n) is 38.2. The van der Waals surface area contributed by atoms with E-state index in [-0.39, 0.29) is 32.1 Å². The molecule has 0 fully saturated rings. The predicted octanol–water partition coefficient (Wildman–Crippen LogP) is 1.14. The molecule has 10 atom stereocenters. The number of nitrogens with zero attached hydrogens (tertiary/aromatic N) is 1. The zero-order valence-corrected chi connectivity index (χ0v) is 38.2. The average Bonchev–Trinajstić information content (AvgIpc) is 4.13. The minimum absolute atomic E-state index is 0.00499. The molecule has 0 spiro atoms. The number of amides is 2. The number of H-pyrrole nitrogens is 3. The summed E-state index contributed by atoms with van der Waals surface area (Å²) in [6.45, 7) is 1.82. The van der Waals surface area contributed by atoms with Crippen molar-refractivity contribution in [3.8, 4) is 0 Å². The molecule has 18 N–H and O–H groups in total. The molecular weight excluding hydrogens is 865 g/mol. The van der Waals surface area contributed by atoms with E-state index in [1.807, 2.05) is 48.5 Å². The molecule has 3 aromatic carbocycles. The van der Waals surface area contributed by atoms with Gasteiger partial charge in [0.15, 0.2) is 23.1 Å². The molecule has 3 aromatic heterocycles. The fourth-order valence-electron chi connectivity index (χ4n) is 8.99. The Morgan fingerprint density at radius 2 is 1.13 bits per heavy atom. The normalized spacial score (nSPS) is 16.2. The van der Waals surface area contributed by atoms with Crippen LogP contribution in [0.15, 0.2) is 104 Å². The van der Waals surface area contributed by atoms with Gasteiger partial charge in [0.2, 0.25) is 11.8 Å². The van der Waals surface area contributed by atoms with Gasteiger partial charge >= 0.3 is 0 Å². The zero-order chi connectivity index (χ0) is 49.1. The number of aromatic nitrogens is 4. The molecule has 0 aliphatic rings. The molecule has 0 bridgehead atoms. The van der Waals surface area contributed by atoms with Crippen molar-refractivity contribution in [1.82, 2.24) is 25.3 Å². The van der Waals surface area contributed by atoms with Crippen molar-refractivity contribution < 1.29 is 28.8 Å². The maximum absolute atomic E-state index is 15.1. The van der Waals surface area contributed by atoms with Crippen LogP contribution in [0.5, 0.6) is 0 Å². The molecule has 0 radical (unpaired) electrons. The number of aromatic amines is 3. The number of rotatable bonds is 27. The Kier molecular flexibility index (Phi) is 17.4. The molecule has 68 heavy (non-hydrogen) atoms. The van der Waals surface area contributed by atoms with Gasteiger partial charge < -0.3 is 60.4 Å². The number of nitrogens with two attached hydrogens (primary N) is 7. The summed E-state index contributed by atoms with van der Waals surface area (Å²) >= 11 is 0. The fourth-order valence-corrected chi connectivity index (χ4v) is 8.99. The quantitative estimate of drug-likeness (QED) is 0.0323. The molecule has 0 aliphatic carbocycles. The van der Waals surface area contributed by atoms with Gasteiger partial charge in [-0.15, -0.1) is 0 Å². The number of primary amides is 1. The second kappa shape index (κ2) is 23.4. The number of fused-ring (bicyclic) bond motifs is 2. The molecule has 6 aromatic rings. The molecule has 0 unspecified atom stereocenters. The number of carbonyl (C=O) groups excluding carboxylic acids is 6. The number of ketones is 4. The van der Waals surface area contributed by atoms with Gasteiger partial charge in [0.1, 0.15) is 6.04 Å². The number of para-hydroxylation sites is 2. The van der Waals surface area contributed by atoms with Crippen LogP contribution in [0.2, 0.25) is 0 Å². The van der Waals surface area contributed by atoms with Gasteiger partial charge in [0, 0.05) is 70.3 Å². The first-order valence-corrected chi connectivity index (χ1v) is 22.9. The van der Waals surface area contributed by atoms with E-state index in [2.05, 4.69) is 25.3 Å². The van der Waals surface area contributed by atoms with Crippen molar-refractivity contribution in [2.75, 3.05) is 6.54 Å². The SMILES string of the molecule is C[C@H](C(=O)[C@H](N)[C@H](Cc1c[nH]c2ccccc12)C(=O)[C@H](N)[C@@H](Cc1ccccc1)C(=O)N[C@@H](CCCCN)C(N)=O)[C@H](N)C(=O)[C@H](Cc1c[nH]c2ccccc12)[C@H](N)C(=O)[C@@H](N)Cc1cnc[nH]1. The van der Waals surface area contributed by atoms with Crippen LogP contribution in [0.3, 0.4) is 0 Å². The van der Waals surface area contributed by atoms with Gasteiger partial charge in [0.25, 0.3) is 0 Å². The van der Waals surface area contributed by atoms with Crippen molar-refractivity contribution in [1.29, 1.82) is 0 Å². The number of carbonyl (C=O) groups is 6. The predicted molar refractivity (Wildman–Crippen MR) is 260 cm³/mol. The third-order valence-corrected chi connectivity index (χ3v) is 13.2. The summed E-state index contributed by atoms with van der Waals surface area (Å²) in [6.07, 6.45) is 7.74. The second-order valence-electron chi connectivity index (χ2n) is 17.8. The highest BCUT2D eigenvalue weighted by atomic mass is 16.2.